The van der Waals surface area contributed by atoms with Crippen LogP contribution in [0.15, 0.2) is 23.6 Å². The highest BCUT2D eigenvalue weighted by atomic mass is 32.1. The summed E-state index contributed by atoms with van der Waals surface area (Å²) in [6.07, 6.45) is 0.0954. The number of amides is 1. The van der Waals surface area contributed by atoms with Gasteiger partial charge >= 0.3 is 5.97 Å². The predicted octanol–water partition coefficient (Wildman–Crippen LogP) is 3.70. The fraction of sp³-hybridized carbons (Fsp3) is 0.421. The highest BCUT2D eigenvalue weighted by molar-refractivity contribution is 7.13. The topological polar surface area (TPSA) is 77.5 Å². The smallest absolute Gasteiger partial charge is 0.311 e. The van der Waals surface area contributed by atoms with Gasteiger partial charge in [0, 0.05) is 5.38 Å². The van der Waals surface area contributed by atoms with Gasteiger partial charge in [-0.2, -0.15) is 0 Å². The summed E-state index contributed by atoms with van der Waals surface area (Å²) in [5, 5.41) is 4.83. The maximum atomic E-state index is 12.0. The van der Waals surface area contributed by atoms with Crippen LogP contribution in [0.3, 0.4) is 0 Å². The highest BCUT2D eigenvalue weighted by Crippen LogP contribution is 2.23. The Morgan fingerprint density at radius 2 is 2.08 bits per heavy atom. The van der Waals surface area contributed by atoms with Gasteiger partial charge in [0.05, 0.1) is 18.7 Å². The number of anilines is 1. The lowest BCUT2D eigenvalue weighted by molar-refractivity contribution is -0.142. The molecule has 140 valence electrons. The number of benzene rings is 1. The van der Waals surface area contributed by atoms with Gasteiger partial charge in [-0.3, -0.25) is 14.9 Å². The van der Waals surface area contributed by atoms with Crippen molar-refractivity contribution in [1.29, 1.82) is 0 Å². The van der Waals surface area contributed by atoms with E-state index < -0.39 is 0 Å². The second kappa shape index (κ2) is 9.33. The summed E-state index contributed by atoms with van der Waals surface area (Å²) in [5.74, 6) is 0.470. The molecule has 1 aromatic carbocycles. The maximum absolute atomic E-state index is 12.0. The largest absolute Gasteiger partial charge is 0.484 e. The van der Waals surface area contributed by atoms with Crippen LogP contribution in [0.1, 0.15) is 43.5 Å². The van der Waals surface area contributed by atoms with Crippen molar-refractivity contribution in [2.45, 2.75) is 40.0 Å². The van der Waals surface area contributed by atoms with Gasteiger partial charge in [0.25, 0.3) is 5.91 Å². The summed E-state index contributed by atoms with van der Waals surface area (Å²) >= 11 is 1.26. The molecule has 0 atom stereocenters. The Bertz CT molecular complexity index is 771. The Labute approximate surface area is 157 Å². The quantitative estimate of drug-likeness (QED) is 0.711. The Balaban J connectivity index is 1.85. The number of carbonyl (C=O) groups is 2. The lowest BCUT2D eigenvalue weighted by Gasteiger charge is -2.12. The number of aryl methyl sites for hydroxylation is 1. The molecule has 0 aliphatic carbocycles. The van der Waals surface area contributed by atoms with Gasteiger partial charge in [0.1, 0.15) is 5.75 Å². The first-order chi connectivity index (χ1) is 12.4. The van der Waals surface area contributed by atoms with Crippen LogP contribution in [0.25, 0.3) is 0 Å². The van der Waals surface area contributed by atoms with Crippen molar-refractivity contribution >= 4 is 28.3 Å². The average molecular weight is 376 g/mol. The van der Waals surface area contributed by atoms with E-state index in [0.717, 1.165) is 5.56 Å². The maximum Gasteiger partial charge on any atom is 0.311 e. The van der Waals surface area contributed by atoms with Gasteiger partial charge in [-0.25, -0.2) is 4.98 Å². The molecule has 1 amide bonds. The number of nitrogens with one attached hydrogen (secondary N) is 1. The van der Waals surface area contributed by atoms with Crippen LogP contribution in [0.2, 0.25) is 0 Å². The average Bonchev–Trinajstić information content (AvgIpc) is 2.99. The lowest BCUT2D eigenvalue weighted by Crippen LogP contribution is -2.20. The number of hydrogen-bond acceptors (Lipinski definition) is 6. The molecule has 1 aromatic heterocycles. The number of esters is 1. The minimum atomic E-state index is -0.334. The predicted molar refractivity (Wildman–Crippen MR) is 102 cm³/mol. The minimum absolute atomic E-state index is 0.0954. The molecule has 2 rings (SSSR count). The van der Waals surface area contributed by atoms with Crippen molar-refractivity contribution < 1.29 is 19.1 Å². The zero-order chi connectivity index (χ0) is 19.1. The first kappa shape index (κ1) is 19.9. The van der Waals surface area contributed by atoms with Crippen LogP contribution in [-0.2, 0) is 20.7 Å². The SMILES string of the molecule is CCOC(=O)Cc1csc(NC(=O)COc2ccc(C(C)C)c(C)c2)n1. The molecule has 0 radical (unpaired) electrons. The second-order valence-electron chi connectivity index (χ2n) is 6.14. The van der Waals surface area contributed by atoms with Gasteiger partial charge in [-0.05, 0) is 43.0 Å². The summed E-state index contributed by atoms with van der Waals surface area (Å²) in [5.41, 5.74) is 2.98. The first-order valence-corrected chi connectivity index (χ1v) is 9.40. The van der Waals surface area contributed by atoms with Crippen molar-refractivity contribution in [2.24, 2.45) is 0 Å². The van der Waals surface area contributed by atoms with Crippen molar-refractivity contribution in [3.8, 4) is 5.75 Å². The highest BCUT2D eigenvalue weighted by Gasteiger charge is 2.11. The number of rotatable bonds is 8. The zero-order valence-electron chi connectivity index (χ0n) is 15.5. The molecule has 0 fully saturated rings. The molecule has 26 heavy (non-hydrogen) atoms. The monoisotopic (exact) mass is 376 g/mol. The summed E-state index contributed by atoms with van der Waals surface area (Å²) < 4.78 is 10.4. The van der Waals surface area contributed by atoms with Crippen molar-refractivity contribution in [3.63, 3.8) is 0 Å². The molecule has 1 N–H and O–H groups in total. The van der Waals surface area contributed by atoms with E-state index in [0.29, 0.717) is 29.1 Å². The van der Waals surface area contributed by atoms with E-state index in [1.165, 1.54) is 16.9 Å². The van der Waals surface area contributed by atoms with Crippen molar-refractivity contribution in [1.82, 2.24) is 4.98 Å². The van der Waals surface area contributed by atoms with E-state index in [9.17, 15) is 9.59 Å². The summed E-state index contributed by atoms with van der Waals surface area (Å²) in [4.78, 5) is 27.7. The minimum Gasteiger partial charge on any atom is -0.484 e. The summed E-state index contributed by atoms with van der Waals surface area (Å²) in [6.45, 7) is 8.29. The van der Waals surface area contributed by atoms with Crippen molar-refractivity contribution in [3.05, 3.63) is 40.4 Å². The van der Waals surface area contributed by atoms with Crippen LogP contribution in [-0.4, -0.2) is 30.1 Å². The van der Waals surface area contributed by atoms with Gasteiger partial charge in [0.2, 0.25) is 0 Å². The molecule has 0 aliphatic rings. The van der Waals surface area contributed by atoms with Crippen molar-refractivity contribution in [2.75, 3.05) is 18.5 Å². The van der Waals surface area contributed by atoms with Crippen LogP contribution < -0.4 is 10.1 Å². The summed E-state index contributed by atoms with van der Waals surface area (Å²) in [7, 11) is 0. The van der Waals surface area contributed by atoms with Gasteiger partial charge in [-0.1, -0.05) is 19.9 Å². The Kier molecular flexibility index (Phi) is 7.15. The third-order valence-corrected chi connectivity index (χ3v) is 4.47. The molecule has 0 aliphatic heterocycles. The molecular formula is C19H24N2O4S. The molecule has 0 saturated heterocycles. The Morgan fingerprint density at radius 1 is 1.31 bits per heavy atom. The number of ether oxygens (including phenoxy) is 2. The normalized spacial score (nSPS) is 10.7. The van der Waals surface area contributed by atoms with Gasteiger partial charge < -0.3 is 9.47 Å². The van der Waals surface area contributed by atoms with E-state index in [4.69, 9.17) is 9.47 Å². The fourth-order valence-electron chi connectivity index (χ4n) is 2.50. The van der Waals surface area contributed by atoms with E-state index in [-0.39, 0.29) is 24.9 Å². The molecule has 0 unspecified atom stereocenters. The number of nitrogens with zero attached hydrogens (tertiary/aromatic N) is 1. The second-order valence-corrected chi connectivity index (χ2v) is 6.99. The van der Waals surface area contributed by atoms with Gasteiger partial charge in [-0.15, -0.1) is 11.3 Å². The van der Waals surface area contributed by atoms with Crippen LogP contribution in [0.4, 0.5) is 5.13 Å². The molecule has 7 heteroatoms. The number of hydrogen-bond donors (Lipinski definition) is 1. The molecule has 6 nitrogen and oxygen atoms in total. The molecular weight excluding hydrogens is 352 g/mol. The number of carbonyl (C=O) groups excluding carboxylic acids is 2. The lowest BCUT2D eigenvalue weighted by atomic mass is 9.98. The number of thiazole rings is 1. The molecule has 0 bridgehead atoms. The van der Waals surface area contributed by atoms with E-state index in [1.54, 1.807) is 12.3 Å². The van der Waals surface area contributed by atoms with E-state index in [2.05, 4.69) is 24.1 Å². The van der Waals surface area contributed by atoms with Crippen LogP contribution >= 0.6 is 11.3 Å². The Hall–Kier alpha value is -2.41. The van der Waals surface area contributed by atoms with E-state index >= 15 is 0 Å². The Morgan fingerprint density at radius 3 is 2.73 bits per heavy atom. The molecule has 1 heterocycles. The summed E-state index contributed by atoms with van der Waals surface area (Å²) in [6, 6.07) is 5.83. The van der Waals surface area contributed by atoms with Gasteiger partial charge in [0.15, 0.2) is 11.7 Å². The third kappa shape index (κ3) is 5.84. The molecule has 0 saturated carbocycles. The van der Waals surface area contributed by atoms with Crippen LogP contribution in [0, 0.1) is 6.92 Å². The molecule has 0 spiro atoms. The standard InChI is InChI=1S/C19H24N2O4S/c1-5-24-18(23)9-14-11-26-19(20-14)21-17(22)10-25-15-6-7-16(12(2)3)13(4)8-15/h6-8,11-12H,5,9-10H2,1-4H3,(H,20,21,22). The number of aromatic nitrogens is 1. The first-order valence-electron chi connectivity index (χ1n) is 8.52. The third-order valence-electron chi connectivity index (χ3n) is 3.66. The van der Waals surface area contributed by atoms with Crippen LogP contribution in [0.5, 0.6) is 5.75 Å². The fourth-order valence-corrected chi connectivity index (χ4v) is 3.22. The van der Waals surface area contributed by atoms with E-state index in [1.807, 2.05) is 25.1 Å². The zero-order valence-corrected chi connectivity index (χ0v) is 16.3. The molecule has 2 aromatic rings.